The molecule has 0 atom stereocenters. The second-order valence-electron chi connectivity index (χ2n) is 16.6. The summed E-state index contributed by atoms with van der Waals surface area (Å²) < 4.78 is 0. The van der Waals surface area contributed by atoms with Crippen molar-refractivity contribution in [1.82, 2.24) is 15.0 Å². The van der Waals surface area contributed by atoms with Gasteiger partial charge in [-0.15, -0.1) is 0 Å². The number of hydrogen-bond acceptors (Lipinski definition) is 3. The van der Waals surface area contributed by atoms with Gasteiger partial charge in [0.2, 0.25) is 0 Å². The van der Waals surface area contributed by atoms with E-state index in [4.69, 9.17) is 15.0 Å². The monoisotopic (exact) mass is 787 g/mol. The summed E-state index contributed by atoms with van der Waals surface area (Å²) in [6.07, 6.45) is 0.889. The van der Waals surface area contributed by atoms with Crippen molar-refractivity contribution in [1.29, 1.82) is 0 Å². The summed E-state index contributed by atoms with van der Waals surface area (Å²) in [6, 6.07) is 77.2. The second-order valence-corrected chi connectivity index (χ2v) is 16.6. The zero-order valence-corrected chi connectivity index (χ0v) is 33.8. The average Bonchev–Trinajstić information content (AvgIpc) is 3.85. The third-order valence-electron chi connectivity index (χ3n) is 13.4. The molecule has 9 aromatic carbocycles. The van der Waals surface area contributed by atoms with Gasteiger partial charge in [-0.25, -0.2) is 15.0 Å². The van der Waals surface area contributed by atoms with Gasteiger partial charge in [-0.3, -0.25) is 0 Å². The Morgan fingerprint density at radius 3 is 1.39 bits per heavy atom. The standard InChI is InChI=1S/C59H37N3/c1-2-17-37(18-3-1)41-21-6-9-28-49(41)57-60-56(61-58(62-57)50-29-16-20-39-35-38-19-4-5-22-42(38)55(39)50)40-33-34-48-44-24-8-7-23-43(44)45-25-10-13-30-51(45)59(54(48)36-40)52-31-14-11-26-46(52)47-27-12-15-32-53(47)59/h1-34,36H,35H2. The SMILES string of the molecule is c1ccc(-c2ccccc2-c2nc(-c3ccc4c(c3)C3(c5ccccc5-c5ccccc5-4)c4ccccc4-c4ccccc43)nc(-c3cccc4c3-c3ccccc3C4)n2)cc1. The van der Waals surface area contributed by atoms with Crippen LogP contribution in [-0.4, -0.2) is 15.0 Å². The molecule has 13 rings (SSSR count). The summed E-state index contributed by atoms with van der Waals surface area (Å²) in [7, 11) is 0. The van der Waals surface area contributed by atoms with E-state index < -0.39 is 5.41 Å². The van der Waals surface area contributed by atoms with E-state index in [1.165, 1.54) is 77.9 Å². The quantitative estimate of drug-likeness (QED) is 0.178. The summed E-state index contributed by atoms with van der Waals surface area (Å²) in [6.45, 7) is 0. The van der Waals surface area contributed by atoms with E-state index in [2.05, 4.69) is 212 Å². The Morgan fingerprint density at radius 1 is 0.274 bits per heavy atom. The molecule has 0 radical (unpaired) electrons. The van der Waals surface area contributed by atoms with Crippen LogP contribution in [0.3, 0.4) is 0 Å². The van der Waals surface area contributed by atoms with Gasteiger partial charge in [-0.1, -0.05) is 206 Å². The average molecular weight is 788 g/mol. The lowest BCUT2D eigenvalue weighted by Gasteiger charge is -2.35. The normalized spacial score (nSPS) is 13.2. The Kier molecular flexibility index (Phi) is 7.58. The molecule has 0 saturated carbocycles. The molecule has 0 unspecified atom stereocenters. The van der Waals surface area contributed by atoms with Crippen molar-refractivity contribution >= 4 is 0 Å². The molecule has 3 aliphatic rings. The van der Waals surface area contributed by atoms with Crippen molar-refractivity contribution in [2.45, 2.75) is 11.8 Å². The second kappa shape index (κ2) is 13.5. The van der Waals surface area contributed by atoms with E-state index in [0.717, 1.165) is 34.2 Å². The van der Waals surface area contributed by atoms with Gasteiger partial charge in [0.1, 0.15) is 0 Å². The van der Waals surface area contributed by atoms with Crippen LogP contribution >= 0.6 is 0 Å². The summed E-state index contributed by atoms with van der Waals surface area (Å²) in [5.41, 5.74) is 22.0. The smallest absolute Gasteiger partial charge is 0.164 e. The van der Waals surface area contributed by atoms with Crippen molar-refractivity contribution in [3.05, 3.63) is 246 Å². The third kappa shape index (κ3) is 4.97. The fourth-order valence-corrected chi connectivity index (χ4v) is 10.9. The summed E-state index contributed by atoms with van der Waals surface area (Å²) >= 11 is 0. The highest BCUT2D eigenvalue weighted by Crippen LogP contribution is 2.61. The van der Waals surface area contributed by atoms with Crippen LogP contribution in [0.2, 0.25) is 0 Å². The highest BCUT2D eigenvalue weighted by molar-refractivity contribution is 5.98. The van der Waals surface area contributed by atoms with Crippen LogP contribution in [0.1, 0.15) is 33.4 Å². The minimum Gasteiger partial charge on any atom is -0.208 e. The fourth-order valence-electron chi connectivity index (χ4n) is 10.9. The van der Waals surface area contributed by atoms with E-state index >= 15 is 0 Å². The molecule has 3 heteroatoms. The van der Waals surface area contributed by atoms with Crippen LogP contribution in [-0.2, 0) is 11.8 Å². The zero-order chi connectivity index (χ0) is 40.8. The Morgan fingerprint density at radius 2 is 0.726 bits per heavy atom. The molecule has 1 heterocycles. The van der Waals surface area contributed by atoms with Crippen LogP contribution in [0.25, 0.3) is 89.8 Å². The molecular formula is C59H37N3. The molecule has 62 heavy (non-hydrogen) atoms. The van der Waals surface area contributed by atoms with Gasteiger partial charge in [0.25, 0.3) is 0 Å². The van der Waals surface area contributed by atoms with Crippen molar-refractivity contribution in [3.8, 4) is 89.8 Å². The third-order valence-corrected chi connectivity index (χ3v) is 13.4. The molecule has 1 spiro atoms. The lowest BCUT2D eigenvalue weighted by Crippen LogP contribution is -2.29. The summed E-state index contributed by atoms with van der Waals surface area (Å²) in [5.74, 6) is 1.95. The Hall–Kier alpha value is -8.01. The maximum absolute atomic E-state index is 5.49. The van der Waals surface area contributed by atoms with Crippen LogP contribution in [0.5, 0.6) is 0 Å². The topological polar surface area (TPSA) is 38.7 Å². The lowest BCUT2D eigenvalue weighted by molar-refractivity contribution is 0.775. The maximum atomic E-state index is 5.49. The molecule has 0 aliphatic heterocycles. The first-order chi connectivity index (χ1) is 30.8. The molecule has 0 fully saturated rings. The predicted molar refractivity (Wildman–Crippen MR) is 252 cm³/mol. The first-order valence-electron chi connectivity index (χ1n) is 21.4. The Balaban J connectivity index is 1.12. The molecular weight excluding hydrogens is 751 g/mol. The number of aromatic nitrogens is 3. The molecule has 3 aliphatic carbocycles. The van der Waals surface area contributed by atoms with Gasteiger partial charge in [-0.2, -0.15) is 0 Å². The van der Waals surface area contributed by atoms with Crippen LogP contribution < -0.4 is 0 Å². The van der Waals surface area contributed by atoms with Gasteiger partial charge in [-0.05, 0) is 102 Å². The van der Waals surface area contributed by atoms with E-state index in [-0.39, 0.29) is 0 Å². The number of fused-ring (bicyclic) bond motifs is 15. The Labute approximate surface area is 360 Å². The number of benzene rings is 9. The van der Waals surface area contributed by atoms with Gasteiger partial charge in [0.15, 0.2) is 17.5 Å². The summed E-state index contributed by atoms with van der Waals surface area (Å²) in [5, 5.41) is 0. The molecule has 288 valence electrons. The lowest BCUT2D eigenvalue weighted by atomic mass is 9.65. The molecule has 0 amide bonds. The first kappa shape index (κ1) is 34.8. The van der Waals surface area contributed by atoms with Gasteiger partial charge >= 0.3 is 0 Å². The van der Waals surface area contributed by atoms with Gasteiger partial charge in [0, 0.05) is 16.7 Å². The van der Waals surface area contributed by atoms with E-state index in [0.29, 0.717) is 17.5 Å². The molecule has 0 N–H and O–H groups in total. The van der Waals surface area contributed by atoms with Crippen LogP contribution in [0.4, 0.5) is 0 Å². The van der Waals surface area contributed by atoms with Crippen molar-refractivity contribution in [2.24, 2.45) is 0 Å². The maximum Gasteiger partial charge on any atom is 0.164 e. The number of hydrogen-bond donors (Lipinski definition) is 0. The van der Waals surface area contributed by atoms with Crippen LogP contribution in [0.15, 0.2) is 212 Å². The summed E-state index contributed by atoms with van der Waals surface area (Å²) in [4.78, 5) is 16.4. The van der Waals surface area contributed by atoms with E-state index in [1.807, 2.05) is 0 Å². The minimum absolute atomic E-state index is 0.614. The van der Waals surface area contributed by atoms with Crippen molar-refractivity contribution in [3.63, 3.8) is 0 Å². The minimum atomic E-state index is -0.614. The highest BCUT2D eigenvalue weighted by atomic mass is 15.0. The molecule has 1 aromatic heterocycles. The van der Waals surface area contributed by atoms with Crippen LogP contribution in [0, 0.1) is 0 Å². The number of nitrogens with zero attached hydrogens (tertiary/aromatic N) is 3. The predicted octanol–water partition coefficient (Wildman–Crippen LogP) is 14.1. The Bertz CT molecular complexity index is 3410. The van der Waals surface area contributed by atoms with Crippen molar-refractivity contribution < 1.29 is 0 Å². The molecule has 3 nitrogen and oxygen atoms in total. The van der Waals surface area contributed by atoms with E-state index in [1.54, 1.807) is 0 Å². The largest absolute Gasteiger partial charge is 0.208 e. The zero-order valence-electron chi connectivity index (χ0n) is 33.8. The van der Waals surface area contributed by atoms with Gasteiger partial charge < -0.3 is 0 Å². The van der Waals surface area contributed by atoms with E-state index in [9.17, 15) is 0 Å². The van der Waals surface area contributed by atoms with Gasteiger partial charge in [0.05, 0.1) is 5.41 Å². The molecule has 0 saturated heterocycles. The fraction of sp³-hybridized carbons (Fsp3) is 0.0339. The first-order valence-corrected chi connectivity index (χ1v) is 21.4. The highest BCUT2D eigenvalue weighted by Gasteiger charge is 2.49. The number of rotatable bonds is 4. The van der Waals surface area contributed by atoms with Crippen molar-refractivity contribution in [2.75, 3.05) is 0 Å². The molecule has 10 aromatic rings. The molecule has 0 bridgehead atoms.